The molecule has 2 rings (SSSR count). The van der Waals surface area contributed by atoms with Crippen molar-refractivity contribution in [3.63, 3.8) is 0 Å². The van der Waals surface area contributed by atoms with Gasteiger partial charge in [-0.25, -0.2) is 0 Å². The molecule has 3 heteroatoms. The maximum Gasteiger partial charge on any atom is 0.0494 e. The van der Waals surface area contributed by atoms with Crippen molar-refractivity contribution in [2.75, 3.05) is 5.32 Å². The van der Waals surface area contributed by atoms with E-state index in [2.05, 4.69) is 63.9 Å². The number of halogens is 1. The van der Waals surface area contributed by atoms with Crippen molar-refractivity contribution in [3.8, 4) is 0 Å². The van der Waals surface area contributed by atoms with E-state index in [4.69, 9.17) is 0 Å². The molecule has 0 radical (unpaired) electrons. The third kappa shape index (κ3) is 3.09. The highest BCUT2D eigenvalue weighted by atomic mass is 79.9. The number of benzene rings is 1. The van der Waals surface area contributed by atoms with Crippen LogP contribution >= 0.6 is 27.3 Å². The van der Waals surface area contributed by atoms with Gasteiger partial charge in [0, 0.05) is 27.0 Å². The first-order valence-electron chi connectivity index (χ1n) is 5.33. The van der Waals surface area contributed by atoms with Crippen molar-refractivity contribution in [1.29, 1.82) is 0 Å². The van der Waals surface area contributed by atoms with E-state index < -0.39 is 0 Å². The molecule has 0 fully saturated rings. The summed E-state index contributed by atoms with van der Waals surface area (Å²) < 4.78 is 1.16. The summed E-state index contributed by atoms with van der Waals surface area (Å²) in [5.74, 6) is 0. The van der Waals surface area contributed by atoms with Gasteiger partial charge in [0.25, 0.3) is 0 Å². The van der Waals surface area contributed by atoms with Crippen molar-refractivity contribution in [1.82, 2.24) is 0 Å². The average molecular weight is 296 g/mol. The Hall–Kier alpha value is -0.800. The van der Waals surface area contributed by atoms with E-state index in [9.17, 15) is 0 Å². The highest BCUT2D eigenvalue weighted by Crippen LogP contribution is 2.21. The Labute approximate surface area is 109 Å². The average Bonchev–Trinajstić information content (AvgIpc) is 2.73. The van der Waals surface area contributed by atoms with Crippen molar-refractivity contribution >= 4 is 33.0 Å². The lowest BCUT2D eigenvalue weighted by molar-refractivity contribution is 1.13. The van der Waals surface area contributed by atoms with Gasteiger partial charge in [-0.15, -0.1) is 11.3 Å². The first kappa shape index (κ1) is 11.7. The third-order valence-electron chi connectivity index (χ3n) is 2.45. The summed E-state index contributed by atoms with van der Waals surface area (Å²) in [6.45, 7) is 3.06. The summed E-state index contributed by atoms with van der Waals surface area (Å²) in [6.07, 6.45) is 1.10. The molecule has 0 bridgehead atoms. The molecule has 1 aromatic heterocycles. The van der Waals surface area contributed by atoms with E-state index >= 15 is 0 Å². The topological polar surface area (TPSA) is 12.0 Å². The molecule has 84 valence electrons. The summed E-state index contributed by atoms with van der Waals surface area (Å²) >= 11 is 5.23. The first-order chi connectivity index (χ1) is 7.78. The van der Waals surface area contributed by atoms with Crippen LogP contribution in [0, 0.1) is 0 Å². The number of hydrogen-bond donors (Lipinski definition) is 1. The van der Waals surface area contributed by atoms with Crippen LogP contribution in [0.5, 0.6) is 0 Å². The van der Waals surface area contributed by atoms with Crippen molar-refractivity contribution in [2.45, 2.75) is 19.9 Å². The molecular formula is C13H14BrNS. The second kappa shape index (κ2) is 5.51. The smallest absolute Gasteiger partial charge is 0.0494 e. The Morgan fingerprint density at radius 1 is 1.25 bits per heavy atom. The van der Waals surface area contributed by atoms with Crippen LogP contribution in [-0.4, -0.2) is 0 Å². The Balaban J connectivity index is 1.94. The lowest BCUT2D eigenvalue weighted by Crippen LogP contribution is -1.97. The molecule has 0 atom stereocenters. The first-order valence-corrected chi connectivity index (χ1v) is 7.01. The van der Waals surface area contributed by atoms with Crippen molar-refractivity contribution in [2.24, 2.45) is 0 Å². The monoisotopic (exact) mass is 295 g/mol. The van der Waals surface area contributed by atoms with Crippen molar-refractivity contribution in [3.05, 3.63) is 50.6 Å². The maximum atomic E-state index is 3.46. The summed E-state index contributed by atoms with van der Waals surface area (Å²) in [4.78, 5) is 1.34. The van der Waals surface area contributed by atoms with E-state index in [1.165, 1.54) is 16.1 Å². The minimum Gasteiger partial charge on any atom is -0.380 e. The zero-order valence-corrected chi connectivity index (χ0v) is 11.6. The molecule has 0 saturated heterocycles. The van der Waals surface area contributed by atoms with Gasteiger partial charge in [0.15, 0.2) is 0 Å². The minimum absolute atomic E-state index is 0.891. The second-order valence-corrected chi connectivity index (χ2v) is 5.55. The van der Waals surface area contributed by atoms with Gasteiger partial charge >= 0.3 is 0 Å². The summed E-state index contributed by atoms with van der Waals surface area (Å²) in [7, 11) is 0. The standard InChI is InChI=1S/C13H14BrNS/c1-2-10-3-5-12(6-4-10)15-8-13-7-11(14)9-16-13/h3-7,9,15H,2,8H2,1H3. The van der Waals surface area contributed by atoms with Crippen LogP contribution in [-0.2, 0) is 13.0 Å². The van der Waals surface area contributed by atoms with Gasteiger partial charge in [-0.2, -0.15) is 0 Å². The minimum atomic E-state index is 0.891. The van der Waals surface area contributed by atoms with Gasteiger partial charge in [0.05, 0.1) is 0 Å². The molecule has 0 unspecified atom stereocenters. The summed E-state index contributed by atoms with van der Waals surface area (Å²) in [5.41, 5.74) is 2.56. The quantitative estimate of drug-likeness (QED) is 0.863. The van der Waals surface area contributed by atoms with E-state index in [0.29, 0.717) is 0 Å². The largest absolute Gasteiger partial charge is 0.380 e. The molecule has 1 nitrogen and oxygen atoms in total. The molecule has 1 heterocycles. The molecular weight excluding hydrogens is 282 g/mol. The Bertz CT molecular complexity index is 447. The van der Waals surface area contributed by atoms with Crippen LogP contribution in [0.4, 0.5) is 5.69 Å². The van der Waals surface area contributed by atoms with Crippen LogP contribution in [0.15, 0.2) is 40.2 Å². The molecule has 0 aliphatic carbocycles. The number of nitrogens with one attached hydrogen (secondary N) is 1. The van der Waals surface area contributed by atoms with E-state index in [-0.39, 0.29) is 0 Å². The fourth-order valence-electron chi connectivity index (χ4n) is 1.49. The van der Waals surface area contributed by atoms with E-state index in [1.54, 1.807) is 11.3 Å². The van der Waals surface area contributed by atoms with E-state index in [0.717, 1.165) is 17.4 Å². The third-order valence-corrected chi connectivity index (χ3v) is 4.15. The number of anilines is 1. The van der Waals surface area contributed by atoms with Crippen molar-refractivity contribution < 1.29 is 0 Å². The Kier molecular flexibility index (Phi) is 4.02. The van der Waals surface area contributed by atoms with Gasteiger partial charge in [0.2, 0.25) is 0 Å². The lowest BCUT2D eigenvalue weighted by atomic mass is 10.1. The molecule has 1 N–H and O–H groups in total. The van der Waals surface area contributed by atoms with Gasteiger partial charge < -0.3 is 5.32 Å². The molecule has 0 aliphatic heterocycles. The van der Waals surface area contributed by atoms with Crippen LogP contribution in [0.2, 0.25) is 0 Å². The van der Waals surface area contributed by atoms with Crippen LogP contribution in [0.25, 0.3) is 0 Å². The Morgan fingerprint density at radius 3 is 2.56 bits per heavy atom. The molecule has 1 aromatic carbocycles. The molecule has 0 saturated carbocycles. The molecule has 2 aromatic rings. The zero-order valence-electron chi connectivity index (χ0n) is 9.16. The molecule has 0 aliphatic rings. The fraction of sp³-hybridized carbons (Fsp3) is 0.231. The SMILES string of the molecule is CCc1ccc(NCc2cc(Br)cs2)cc1. The normalized spacial score (nSPS) is 10.4. The van der Waals surface area contributed by atoms with Gasteiger partial charge in [-0.1, -0.05) is 19.1 Å². The predicted octanol–water partition coefficient (Wildman–Crippen LogP) is 4.69. The molecule has 0 spiro atoms. The molecule has 0 amide bonds. The Morgan fingerprint density at radius 2 is 2.00 bits per heavy atom. The maximum absolute atomic E-state index is 3.46. The number of rotatable bonds is 4. The predicted molar refractivity (Wildman–Crippen MR) is 75.2 cm³/mol. The summed E-state index contributed by atoms with van der Waals surface area (Å²) in [6, 6.07) is 10.8. The summed E-state index contributed by atoms with van der Waals surface area (Å²) in [5, 5.41) is 5.52. The van der Waals surface area contributed by atoms with Gasteiger partial charge in [-0.05, 0) is 46.1 Å². The zero-order chi connectivity index (χ0) is 11.4. The second-order valence-electron chi connectivity index (χ2n) is 3.64. The van der Waals surface area contributed by atoms with Gasteiger partial charge in [-0.3, -0.25) is 0 Å². The molecule has 16 heavy (non-hydrogen) atoms. The lowest BCUT2D eigenvalue weighted by Gasteiger charge is -2.05. The fourth-order valence-corrected chi connectivity index (χ4v) is 2.88. The highest BCUT2D eigenvalue weighted by Gasteiger charge is 1.97. The highest BCUT2D eigenvalue weighted by molar-refractivity contribution is 9.10. The van der Waals surface area contributed by atoms with Gasteiger partial charge in [0.1, 0.15) is 0 Å². The number of thiophene rings is 1. The number of hydrogen-bond acceptors (Lipinski definition) is 2. The number of aryl methyl sites for hydroxylation is 1. The van der Waals surface area contributed by atoms with E-state index in [1.807, 2.05) is 0 Å². The van der Waals surface area contributed by atoms with Crippen LogP contribution in [0.3, 0.4) is 0 Å². The van der Waals surface area contributed by atoms with Crippen LogP contribution in [0.1, 0.15) is 17.4 Å². The van der Waals surface area contributed by atoms with Crippen LogP contribution < -0.4 is 5.32 Å².